The molecule has 1 heterocycles. The van der Waals surface area contributed by atoms with Gasteiger partial charge >= 0.3 is 0 Å². The molecule has 0 saturated heterocycles. The van der Waals surface area contributed by atoms with Crippen molar-refractivity contribution in [3.8, 4) is 0 Å². The highest BCUT2D eigenvalue weighted by Gasteiger charge is 2.01. The minimum absolute atomic E-state index is 0.536. The first-order chi connectivity index (χ1) is 9.24. The molecule has 1 aromatic carbocycles. The molecular formula is C16H21N3. The highest BCUT2D eigenvalue weighted by Crippen LogP contribution is 2.19. The Labute approximate surface area is 114 Å². The van der Waals surface area contributed by atoms with Crippen molar-refractivity contribution >= 4 is 22.9 Å². The van der Waals surface area contributed by atoms with Gasteiger partial charge in [-0.15, -0.1) is 0 Å². The Morgan fingerprint density at radius 1 is 1.26 bits per heavy atom. The first kappa shape index (κ1) is 13.5. The Kier molecular flexibility index (Phi) is 4.50. The zero-order valence-electron chi connectivity index (χ0n) is 11.9. The Bertz CT molecular complexity index is 571. The Hall–Kier alpha value is -1.90. The third-order valence-electron chi connectivity index (χ3n) is 3.44. The molecule has 19 heavy (non-hydrogen) atoms. The van der Waals surface area contributed by atoms with E-state index in [9.17, 15) is 0 Å². The summed E-state index contributed by atoms with van der Waals surface area (Å²) in [6.45, 7) is 6.46. The van der Waals surface area contributed by atoms with Crippen LogP contribution in [-0.2, 0) is 0 Å². The second-order valence-electron chi connectivity index (χ2n) is 4.81. The first-order valence-electron chi connectivity index (χ1n) is 6.90. The molecule has 0 aliphatic carbocycles. The quantitative estimate of drug-likeness (QED) is 0.636. The summed E-state index contributed by atoms with van der Waals surface area (Å²) in [5.74, 6) is 1.34. The maximum atomic E-state index is 4.56. The van der Waals surface area contributed by atoms with Gasteiger partial charge in [0.25, 0.3) is 0 Å². The summed E-state index contributed by atoms with van der Waals surface area (Å²) in [4.78, 5) is 4.56. The summed E-state index contributed by atoms with van der Waals surface area (Å²) in [7, 11) is 0. The highest BCUT2D eigenvalue weighted by molar-refractivity contribution is 5.83. The number of benzene rings is 1. The van der Waals surface area contributed by atoms with Crippen LogP contribution in [0.15, 0.2) is 35.4 Å². The van der Waals surface area contributed by atoms with Gasteiger partial charge in [-0.1, -0.05) is 32.0 Å². The van der Waals surface area contributed by atoms with Gasteiger partial charge in [0, 0.05) is 11.6 Å². The highest BCUT2D eigenvalue weighted by atomic mass is 15.3. The minimum atomic E-state index is 0.536. The fourth-order valence-corrected chi connectivity index (χ4v) is 2.12. The summed E-state index contributed by atoms with van der Waals surface area (Å²) < 4.78 is 0. The molecule has 0 aliphatic rings. The van der Waals surface area contributed by atoms with E-state index in [1.807, 2.05) is 30.5 Å². The van der Waals surface area contributed by atoms with Crippen molar-refractivity contribution in [2.75, 3.05) is 5.43 Å². The maximum absolute atomic E-state index is 4.56. The predicted octanol–water partition coefficient (Wildman–Crippen LogP) is 4.38. The van der Waals surface area contributed by atoms with Crippen LogP contribution in [0.1, 0.15) is 32.3 Å². The van der Waals surface area contributed by atoms with Crippen molar-refractivity contribution in [2.24, 2.45) is 11.0 Å². The number of aryl methyl sites for hydroxylation is 1. The van der Waals surface area contributed by atoms with Crippen molar-refractivity contribution in [1.82, 2.24) is 4.98 Å². The molecule has 0 fully saturated rings. The molecule has 2 aromatic rings. The summed E-state index contributed by atoms with van der Waals surface area (Å²) in [6.07, 6.45) is 4.21. The Balaban J connectivity index is 2.17. The number of nitrogens with zero attached hydrogens (tertiary/aromatic N) is 2. The number of pyridine rings is 1. The molecule has 0 bridgehead atoms. The molecule has 3 nitrogen and oxygen atoms in total. The summed E-state index contributed by atoms with van der Waals surface area (Å²) >= 11 is 0. The van der Waals surface area contributed by atoms with Crippen LogP contribution in [0.5, 0.6) is 0 Å². The average molecular weight is 255 g/mol. The predicted molar refractivity (Wildman–Crippen MR) is 82.7 cm³/mol. The number of hydrazone groups is 1. The standard InChI is InChI=1S/C16H21N3/c1-4-13(5-2)11-17-19-16-10-12(3)14-8-6-7-9-15(14)18-16/h6-11,13H,4-5H2,1-3H3,(H,18,19)/b17-11+. The molecule has 1 aromatic heterocycles. The molecule has 0 aliphatic heterocycles. The van der Waals surface area contributed by atoms with Gasteiger partial charge in [-0.25, -0.2) is 4.98 Å². The Morgan fingerprint density at radius 3 is 2.74 bits per heavy atom. The van der Waals surface area contributed by atoms with E-state index in [-0.39, 0.29) is 0 Å². The zero-order chi connectivity index (χ0) is 13.7. The molecule has 0 atom stereocenters. The first-order valence-corrected chi connectivity index (χ1v) is 6.90. The SMILES string of the molecule is CCC(/C=N/Nc1cc(C)c2ccccc2n1)CC. The van der Waals surface area contributed by atoms with E-state index in [1.165, 1.54) is 10.9 Å². The van der Waals surface area contributed by atoms with Gasteiger partial charge in [0.05, 0.1) is 5.52 Å². The molecule has 0 unspecified atom stereocenters. The molecule has 0 radical (unpaired) electrons. The van der Waals surface area contributed by atoms with Gasteiger partial charge in [-0.2, -0.15) is 5.10 Å². The van der Waals surface area contributed by atoms with Crippen LogP contribution < -0.4 is 5.43 Å². The number of fused-ring (bicyclic) bond motifs is 1. The number of hydrogen-bond donors (Lipinski definition) is 1. The van der Waals surface area contributed by atoms with E-state index >= 15 is 0 Å². The van der Waals surface area contributed by atoms with Crippen LogP contribution in [0.2, 0.25) is 0 Å². The van der Waals surface area contributed by atoms with Crippen LogP contribution >= 0.6 is 0 Å². The third kappa shape index (κ3) is 3.31. The fraction of sp³-hybridized carbons (Fsp3) is 0.375. The van der Waals surface area contributed by atoms with Gasteiger partial charge < -0.3 is 0 Å². The van der Waals surface area contributed by atoms with E-state index in [2.05, 4.69) is 42.3 Å². The molecule has 0 amide bonds. The Morgan fingerprint density at radius 2 is 2.00 bits per heavy atom. The number of aromatic nitrogens is 1. The largest absolute Gasteiger partial charge is 0.262 e. The lowest BCUT2D eigenvalue weighted by Crippen LogP contribution is -2.01. The van der Waals surface area contributed by atoms with E-state index in [0.717, 1.165) is 24.2 Å². The lowest BCUT2D eigenvalue weighted by Gasteiger charge is -2.07. The van der Waals surface area contributed by atoms with Crippen molar-refractivity contribution in [3.63, 3.8) is 0 Å². The minimum Gasteiger partial charge on any atom is -0.262 e. The normalized spacial score (nSPS) is 11.6. The molecule has 2 rings (SSSR count). The molecule has 1 N–H and O–H groups in total. The van der Waals surface area contributed by atoms with Gasteiger partial charge in [0.1, 0.15) is 5.82 Å². The number of hydrogen-bond acceptors (Lipinski definition) is 3. The molecule has 0 saturated carbocycles. The summed E-state index contributed by atoms with van der Waals surface area (Å²) in [5.41, 5.74) is 5.25. The van der Waals surface area contributed by atoms with E-state index in [4.69, 9.17) is 0 Å². The fourth-order valence-electron chi connectivity index (χ4n) is 2.12. The number of para-hydroxylation sites is 1. The van der Waals surface area contributed by atoms with Crippen LogP contribution in [0.25, 0.3) is 10.9 Å². The van der Waals surface area contributed by atoms with Crippen molar-refractivity contribution in [2.45, 2.75) is 33.6 Å². The van der Waals surface area contributed by atoms with Gasteiger partial charge in [-0.05, 0) is 43.4 Å². The van der Waals surface area contributed by atoms with Crippen molar-refractivity contribution in [3.05, 3.63) is 35.9 Å². The molecule has 3 heteroatoms. The summed E-state index contributed by atoms with van der Waals surface area (Å²) in [6, 6.07) is 10.2. The lowest BCUT2D eigenvalue weighted by molar-refractivity contribution is 0.654. The van der Waals surface area contributed by atoms with Gasteiger partial charge in [0.15, 0.2) is 0 Å². The van der Waals surface area contributed by atoms with Crippen molar-refractivity contribution in [1.29, 1.82) is 0 Å². The topological polar surface area (TPSA) is 37.3 Å². The zero-order valence-corrected chi connectivity index (χ0v) is 11.9. The summed E-state index contributed by atoms with van der Waals surface area (Å²) in [5, 5.41) is 5.49. The second-order valence-corrected chi connectivity index (χ2v) is 4.81. The second kappa shape index (κ2) is 6.32. The van der Waals surface area contributed by atoms with Gasteiger partial charge in [0.2, 0.25) is 0 Å². The van der Waals surface area contributed by atoms with Crippen LogP contribution in [-0.4, -0.2) is 11.2 Å². The van der Waals surface area contributed by atoms with Crippen LogP contribution in [0.3, 0.4) is 0 Å². The number of nitrogens with one attached hydrogen (secondary N) is 1. The van der Waals surface area contributed by atoms with Crippen LogP contribution in [0, 0.1) is 12.8 Å². The third-order valence-corrected chi connectivity index (χ3v) is 3.44. The van der Waals surface area contributed by atoms with E-state index in [1.54, 1.807) is 0 Å². The van der Waals surface area contributed by atoms with Crippen molar-refractivity contribution < 1.29 is 0 Å². The van der Waals surface area contributed by atoms with Gasteiger partial charge in [-0.3, -0.25) is 5.43 Å². The van der Waals surface area contributed by atoms with E-state index in [0.29, 0.717) is 5.92 Å². The smallest absolute Gasteiger partial charge is 0.147 e. The van der Waals surface area contributed by atoms with Crippen LogP contribution in [0.4, 0.5) is 5.82 Å². The average Bonchev–Trinajstić information content (AvgIpc) is 2.44. The number of rotatable bonds is 5. The lowest BCUT2D eigenvalue weighted by atomic mass is 10.1. The van der Waals surface area contributed by atoms with E-state index < -0.39 is 0 Å². The monoisotopic (exact) mass is 255 g/mol. The maximum Gasteiger partial charge on any atom is 0.147 e. The molecule has 0 spiro atoms. The molecular weight excluding hydrogens is 234 g/mol. The number of anilines is 1. The molecule has 100 valence electrons.